The summed E-state index contributed by atoms with van der Waals surface area (Å²) in [5.41, 5.74) is 12.9. The Morgan fingerprint density at radius 1 is 1.00 bits per heavy atom. The molecule has 1 aromatic carbocycles. The smallest absolute Gasteiger partial charge is 0.250 e. The number of hydrogen-bond acceptors (Lipinski definition) is 1. The first-order valence-electron chi connectivity index (χ1n) is 11.5. The summed E-state index contributed by atoms with van der Waals surface area (Å²) in [7, 11) is 0. The molecule has 1 unspecified atom stereocenters. The maximum atomic E-state index is 12.1. The highest BCUT2D eigenvalue weighted by molar-refractivity contribution is 5.95. The topological polar surface area (TPSA) is 48.0 Å². The van der Waals surface area contributed by atoms with Gasteiger partial charge in [-0.25, -0.2) is 0 Å². The van der Waals surface area contributed by atoms with Crippen molar-refractivity contribution in [1.82, 2.24) is 4.57 Å². The van der Waals surface area contributed by atoms with Crippen molar-refractivity contribution in [2.45, 2.75) is 97.9 Å². The maximum absolute atomic E-state index is 12.1. The summed E-state index contributed by atoms with van der Waals surface area (Å²) >= 11 is 0. The summed E-state index contributed by atoms with van der Waals surface area (Å²) in [6, 6.07) is 9.26. The Kier molecular flexibility index (Phi) is 5.97. The van der Waals surface area contributed by atoms with Crippen LogP contribution in [0.15, 0.2) is 24.3 Å². The van der Waals surface area contributed by atoms with Crippen molar-refractivity contribution in [3.05, 3.63) is 46.6 Å². The zero-order valence-electron chi connectivity index (χ0n) is 20.2. The van der Waals surface area contributed by atoms with Gasteiger partial charge in [-0.3, -0.25) is 4.79 Å². The minimum absolute atomic E-state index is 0.156. The molecule has 1 aliphatic rings. The minimum atomic E-state index is -0.344. The first-order valence-corrected chi connectivity index (χ1v) is 11.5. The molecular weight excluding hydrogens is 368 g/mol. The molecule has 3 heteroatoms. The molecule has 1 aliphatic carbocycles. The molecule has 0 spiro atoms. The predicted octanol–water partition coefficient (Wildman–Crippen LogP) is 6.91. The first kappa shape index (κ1) is 22.7. The molecule has 0 fully saturated rings. The highest BCUT2D eigenvalue weighted by atomic mass is 16.1. The lowest BCUT2D eigenvalue weighted by Crippen LogP contribution is -2.33. The van der Waals surface area contributed by atoms with E-state index in [-0.39, 0.29) is 16.7 Å². The molecule has 2 aromatic rings. The third-order valence-electron chi connectivity index (χ3n) is 7.31. The number of benzene rings is 1. The summed E-state index contributed by atoms with van der Waals surface area (Å²) in [6.07, 6.45) is 4.64. The summed E-state index contributed by atoms with van der Waals surface area (Å²) < 4.78 is 2.34. The SMILES string of the molecule is Cc1c(C(N)=O)cc(-c2ccc3c(c2)C(C)(C)CCC3(C)C)n1C(C)CCC(C)C. The summed E-state index contributed by atoms with van der Waals surface area (Å²) in [5.74, 6) is 0.317. The van der Waals surface area contributed by atoms with Crippen LogP contribution in [0.3, 0.4) is 0 Å². The quantitative estimate of drug-likeness (QED) is 0.554. The normalized spacial score (nSPS) is 18.3. The van der Waals surface area contributed by atoms with Gasteiger partial charge in [-0.15, -0.1) is 0 Å². The number of carbonyl (C=O) groups is 1. The molecule has 0 aliphatic heterocycles. The Bertz CT molecular complexity index is 946. The van der Waals surface area contributed by atoms with Crippen molar-refractivity contribution in [2.75, 3.05) is 0 Å². The van der Waals surface area contributed by atoms with E-state index in [1.54, 1.807) is 0 Å². The number of carbonyl (C=O) groups excluding carboxylic acids is 1. The van der Waals surface area contributed by atoms with Crippen molar-refractivity contribution >= 4 is 5.91 Å². The maximum Gasteiger partial charge on any atom is 0.250 e. The Morgan fingerprint density at radius 2 is 1.60 bits per heavy atom. The largest absolute Gasteiger partial charge is 0.366 e. The Morgan fingerprint density at radius 3 is 2.17 bits per heavy atom. The van der Waals surface area contributed by atoms with Gasteiger partial charge in [0.2, 0.25) is 0 Å². The van der Waals surface area contributed by atoms with Crippen LogP contribution in [0.25, 0.3) is 11.3 Å². The lowest BCUT2D eigenvalue weighted by atomic mass is 9.63. The van der Waals surface area contributed by atoms with Crippen LogP contribution >= 0.6 is 0 Å². The molecule has 0 saturated carbocycles. The highest BCUT2D eigenvalue weighted by Gasteiger charge is 2.37. The zero-order chi connectivity index (χ0) is 22.4. The Balaban J connectivity index is 2.16. The van der Waals surface area contributed by atoms with Crippen LogP contribution in [0, 0.1) is 12.8 Å². The Hall–Kier alpha value is -2.03. The van der Waals surface area contributed by atoms with Crippen molar-refractivity contribution < 1.29 is 4.79 Å². The fourth-order valence-corrected chi connectivity index (χ4v) is 5.11. The summed E-state index contributed by atoms with van der Waals surface area (Å²) in [6.45, 7) is 18.2. The molecule has 3 nitrogen and oxygen atoms in total. The molecule has 1 atom stereocenters. The fourth-order valence-electron chi connectivity index (χ4n) is 5.11. The fraction of sp³-hybridized carbons (Fsp3) is 0.593. The highest BCUT2D eigenvalue weighted by Crippen LogP contribution is 2.47. The predicted molar refractivity (Wildman–Crippen MR) is 127 cm³/mol. The van der Waals surface area contributed by atoms with Crippen LogP contribution in [0.2, 0.25) is 0 Å². The van der Waals surface area contributed by atoms with Gasteiger partial charge < -0.3 is 10.3 Å². The minimum Gasteiger partial charge on any atom is -0.366 e. The number of rotatable bonds is 6. The van der Waals surface area contributed by atoms with E-state index in [9.17, 15) is 4.79 Å². The molecular formula is C27H40N2O. The van der Waals surface area contributed by atoms with E-state index in [1.807, 2.05) is 13.0 Å². The summed E-state index contributed by atoms with van der Waals surface area (Å²) in [5, 5.41) is 0. The molecule has 0 saturated heterocycles. The standard InChI is InChI=1S/C27H40N2O/c1-17(2)9-10-18(3)29-19(4)21(25(28)30)16-24(29)20-11-12-22-23(15-20)27(7,8)14-13-26(22,5)6/h11-12,15-18H,9-10,13-14H2,1-8H3,(H2,28,30). The van der Waals surface area contributed by atoms with Gasteiger partial charge in [-0.05, 0) is 85.1 Å². The van der Waals surface area contributed by atoms with Crippen LogP contribution in [0.1, 0.15) is 107 Å². The first-order chi connectivity index (χ1) is 13.8. The van der Waals surface area contributed by atoms with E-state index in [4.69, 9.17) is 5.73 Å². The lowest BCUT2D eigenvalue weighted by Gasteiger charge is -2.42. The van der Waals surface area contributed by atoms with Gasteiger partial charge >= 0.3 is 0 Å². The van der Waals surface area contributed by atoms with Gasteiger partial charge in [0.25, 0.3) is 5.91 Å². The summed E-state index contributed by atoms with van der Waals surface area (Å²) in [4.78, 5) is 12.1. The zero-order valence-corrected chi connectivity index (χ0v) is 20.2. The van der Waals surface area contributed by atoms with Crippen LogP contribution in [0.4, 0.5) is 0 Å². The number of nitrogens with two attached hydrogens (primary N) is 1. The van der Waals surface area contributed by atoms with Gasteiger partial charge in [0.05, 0.1) is 5.56 Å². The lowest BCUT2D eigenvalue weighted by molar-refractivity contribution is 0.0999. The second kappa shape index (κ2) is 7.90. The van der Waals surface area contributed by atoms with Crippen LogP contribution in [-0.2, 0) is 10.8 Å². The number of primary amides is 1. The number of amides is 1. The number of fused-ring (bicyclic) bond motifs is 1. The van der Waals surface area contributed by atoms with Crippen molar-refractivity contribution in [2.24, 2.45) is 11.7 Å². The van der Waals surface area contributed by atoms with E-state index in [1.165, 1.54) is 29.5 Å². The van der Waals surface area contributed by atoms with E-state index in [0.29, 0.717) is 17.5 Å². The number of nitrogens with zero attached hydrogens (tertiary/aromatic N) is 1. The molecule has 0 bridgehead atoms. The monoisotopic (exact) mass is 408 g/mol. The average Bonchev–Trinajstić information content (AvgIpc) is 3.01. The van der Waals surface area contributed by atoms with Crippen molar-refractivity contribution in [3.63, 3.8) is 0 Å². The molecule has 2 N–H and O–H groups in total. The van der Waals surface area contributed by atoms with E-state index < -0.39 is 0 Å². The van der Waals surface area contributed by atoms with Gasteiger partial charge in [-0.1, -0.05) is 53.7 Å². The second-order valence-corrected chi connectivity index (χ2v) is 11.1. The van der Waals surface area contributed by atoms with E-state index in [2.05, 4.69) is 71.2 Å². The van der Waals surface area contributed by atoms with Crippen molar-refractivity contribution in [1.29, 1.82) is 0 Å². The number of aromatic nitrogens is 1. The van der Waals surface area contributed by atoms with Gasteiger partial charge in [0, 0.05) is 17.4 Å². The van der Waals surface area contributed by atoms with E-state index in [0.717, 1.165) is 24.2 Å². The Labute approximate surface area is 183 Å². The van der Waals surface area contributed by atoms with Gasteiger partial charge in [-0.2, -0.15) is 0 Å². The molecule has 0 radical (unpaired) electrons. The van der Waals surface area contributed by atoms with Gasteiger partial charge in [0.1, 0.15) is 0 Å². The molecule has 1 aromatic heterocycles. The van der Waals surface area contributed by atoms with Gasteiger partial charge in [0.15, 0.2) is 0 Å². The average molecular weight is 409 g/mol. The molecule has 30 heavy (non-hydrogen) atoms. The van der Waals surface area contributed by atoms with Crippen LogP contribution in [-0.4, -0.2) is 10.5 Å². The molecule has 3 rings (SSSR count). The van der Waals surface area contributed by atoms with Crippen LogP contribution in [0.5, 0.6) is 0 Å². The van der Waals surface area contributed by atoms with Crippen LogP contribution < -0.4 is 5.73 Å². The second-order valence-electron chi connectivity index (χ2n) is 11.1. The van der Waals surface area contributed by atoms with E-state index >= 15 is 0 Å². The van der Waals surface area contributed by atoms with Crippen molar-refractivity contribution in [3.8, 4) is 11.3 Å². The third kappa shape index (κ3) is 4.08. The number of hydrogen-bond donors (Lipinski definition) is 1. The molecule has 164 valence electrons. The third-order valence-corrected chi connectivity index (χ3v) is 7.31. The molecule has 1 amide bonds. The molecule has 1 heterocycles.